The summed E-state index contributed by atoms with van der Waals surface area (Å²) in [4.78, 5) is 40.5. The highest BCUT2D eigenvalue weighted by Gasteiger charge is 2.33. The number of sulfone groups is 1. The van der Waals surface area contributed by atoms with Gasteiger partial charge in [-0.2, -0.15) is 0 Å². The van der Waals surface area contributed by atoms with Gasteiger partial charge in [-0.1, -0.05) is 66.7 Å². The highest BCUT2D eigenvalue weighted by atomic mass is 32.2. The molecular formula is C33H26N4O4S. The molecule has 1 aliphatic carbocycles. The van der Waals surface area contributed by atoms with Crippen LogP contribution in [-0.2, 0) is 15.6 Å². The maximum atomic E-state index is 13.7. The summed E-state index contributed by atoms with van der Waals surface area (Å²) >= 11 is 0. The fraction of sp³-hybridized carbons (Fsp3) is 0.152. The molecule has 9 heteroatoms. The van der Waals surface area contributed by atoms with Crippen molar-refractivity contribution in [1.82, 2.24) is 14.9 Å². The molecule has 2 aliphatic rings. The monoisotopic (exact) mass is 574 g/mol. The Hall–Kier alpha value is -4.89. The maximum Gasteiger partial charge on any atom is 0.254 e. The van der Waals surface area contributed by atoms with Crippen LogP contribution in [-0.4, -0.2) is 61.2 Å². The van der Waals surface area contributed by atoms with Crippen molar-refractivity contribution < 1.29 is 18.0 Å². The number of fused-ring (bicyclic) bond motifs is 4. The largest absolute Gasteiger partial charge is 0.352 e. The third-order valence-electron chi connectivity index (χ3n) is 7.90. The summed E-state index contributed by atoms with van der Waals surface area (Å²) in [7, 11) is -3.66. The van der Waals surface area contributed by atoms with Crippen molar-refractivity contribution in [2.75, 3.05) is 31.1 Å². The lowest BCUT2D eigenvalue weighted by Crippen LogP contribution is -2.49. The molecule has 0 unspecified atom stereocenters. The first-order valence-corrected chi connectivity index (χ1v) is 15.4. The van der Waals surface area contributed by atoms with Gasteiger partial charge in [0.25, 0.3) is 5.91 Å². The van der Waals surface area contributed by atoms with E-state index >= 15 is 0 Å². The number of hydrogen-bond donors (Lipinski definition) is 0. The molecule has 0 saturated carbocycles. The van der Waals surface area contributed by atoms with Crippen molar-refractivity contribution in [1.29, 1.82) is 0 Å². The molecule has 0 N–H and O–H groups in total. The van der Waals surface area contributed by atoms with E-state index < -0.39 is 9.84 Å². The van der Waals surface area contributed by atoms with E-state index in [4.69, 9.17) is 9.97 Å². The second-order valence-electron chi connectivity index (χ2n) is 10.4. The van der Waals surface area contributed by atoms with E-state index in [0.29, 0.717) is 65.4 Å². The molecule has 7 rings (SSSR count). The Morgan fingerprint density at radius 1 is 0.690 bits per heavy atom. The molecule has 1 saturated heterocycles. The summed E-state index contributed by atoms with van der Waals surface area (Å²) < 4.78 is 26.6. The van der Waals surface area contributed by atoms with Crippen LogP contribution in [0.4, 0.5) is 5.82 Å². The molecule has 1 amide bonds. The second-order valence-corrected chi connectivity index (χ2v) is 12.4. The van der Waals surface area contributed by atoms with E-state index in [2.05, 4.69) is 0 Å². The summed E-state index contributed by atoms with van der Waals surface area (Å²) in [6.45, 7) is 1.67. The van der Waals surface area contributed by atoms with Gasteiger partial charge < -0.3 is 9.80 Å². The van der Waals surface area contributed by atoms with Gasteiger partial charge in [-0.05, 0) is 41.5 Å². The Labute approximate surface area is 243 Å². The predicted octanol–water partition coefficient (Wildman–Crippen LogP) is 4.78. The number of piperazine rings is 1. The minimum Gasteiger partial charge on any atom is -0.352 e. The Morgan fingerprint density at radius 3 is 2.05 bits per heavy atom. The Morgan fingerprint density at radius 2 is 1.31 bits per heavy atom. The van der Waals surface area contributed by atoms with Crippen molar-refractivity contribution >= 4 is 38.4 Å². The Balaban J connectivity index is 1.16. The van der Waals surface area contributed by atoms with Crippen molar-refractivity contribution in [3.05, 3.63) is 119 Å². The van der Waals surface area contributed by atoms with Crippen LogP contribution in [0.3, 0.4) is 0 Å². The fourth-order valence-electron chi connectivity index (χ4n) is 5.81. The van der Waals surface area contributed by atoms with E-state index in [9.17, 15) is 18.0 Å². The molecule has 1 aliphatic heterocycles. The van der Waals surface area contributed by atoms with Gasteiger partial charge in [0.05, 0.1) is 27.2 Å². The van der Waals surface area contributed by atoms with E-state index in [-0.39, 0.29) is 22.3 Å². The van der Waals surface area contributed by atoms with Gasteiger partial charge in [0.15, 0.2) is 21.4 Å². The van der Waals surface area contributed by atoms with E-state index in [0.717, 1.165) is 11.1 Å². The standard InChI is InChI=1S/C33H26N4O4S/c38-31-25-12-5-4-11-23(25)24-13-8-14-26(30(24)31)33(39)37-19-17-36(18-20-37)32-29(34-27-15-6-7-16-28(27)35-32)21-42(40,41)22-9-2-1-3-10-22/h1-16H,17-21H2. The smallest absolute Gasteiger partial charge is 0.254 e. The van der Waals surface area contributed by atoms with Crippen molar-refractivity contribution in [2.24, 2.45) is 0 Å². The molecule has 42 heavy (non-hydrogen) atoms. The van der Waals surface area contributed by atoms with E-state index in [1.54, 1.807) is 47.4 Å². The van der Waals surface area contributed by atoms with Gasteiger partial charge in [-0.3, -0.25) is 9.59 Å². The van der Waals surface area contributed by atoms with E-state index in [1.807, 2.05) is 59.5 Å². The van der Waals surface area contributed by atoms with Crippen LogP contribution in [0.15, 0.2) is 102 Å². The van der Waals surface area contributed by atoms with Gasteiger partial charge >= 0.3 is 0 Å². The lowest BCUT2D eigenvalue weighted by molar-refractivity contribution is 0.0742. The molecule has 2 heterocycles. The van der Waals surface area contributed by atoms with Crippen LogP contribution in [0.2, 0.25) is 0 Å². The molecule has 1 aromatic heterocycles. The average molecular weight is 575 g/mol. The Kier molecular flexibility index (Phi) is 6.31. The molecule has 0 radical (unpaired) electrons. The van der Waals surface area contributed by atoms with Crippen molar-refractivity contribution in [2.45, 2.75) is 10.6 Å². The van der Waals surface area contributed by atoms with Crippen LogP contribution in [0, 0.1) is 0 Å². The number of rotatable bonds is 5. The molecule has 5 aromatic rings. The number of para-hydroxylation sites is 2. The lowest BCUT2D eigenvalue weighted by Gasteiger charge is -2.36. The van der Waals surface area contributed by atoms with E-state index in [1.165, 1.54) is 0 Å². The van der Waals surface area contributed by atoms with Crippen LogP contribution >= 0.6 is 0 Å². The third kappa shape index (κ3) is 4.42. The number of hydrogen-bond acceptors (Lipinski definition) is 7. The van der Waals surface area contributed by atoms with Crippen molar-refractivity contribution in [3.63, 3.8) is 0 Å². The summed E-state index contributed by atoms with van der Waals surface area (Å²) in [5, 5.41) is 0. The van der Waals surface area contributed by atoms with Gasteiger partial charge in [-0.15, -0.1) is 0 Å². The first-order valence-electron chi connectivity index (χ1n) is 13.8. The predicted molar refractivity (Wildman–Crippen MR) is 160 cm³/mol. The minimum atomic E-state index is -3.66. The lowest BCUT2D eigenvalue weighted by atomic mass is 9.99. The molecule has 0 spiro atoms. The molecule has 4 aromatic carbocycles. The number of aromatic nitrogens is 2. The third-order valence-corrected chi connectivity index (χ3v) is 9.54. The number of carbonyl (C=O) groups is 2. The number of anilines is 1. The molecule has 1 fully saturated rings. The van der Waals surface area contributed by atoms with Crippen molar-refractivity contribution in [3.8, 4) is 11.1 Å². The van der Waals surface area contributed by atoms with Gasteiger partial charge in [0, 0.05) is 37.3 Å². The van der Waals surface area contributed by atoms with Crippen LogP contribution in [0.1, 0.15) is 32.0 Å². The minimum absolute atomic E-state index is 0.126. The molecule has 0 bridgehead atoms. The zero-order valence-corrected chi connectivity index (χ0v) is 23.4. The highest BCUT2D eigenvalue weighted by molar-refractivity contribution is 7.90. The quantitative estimate of drug-likeness (QED) is 0.292. The van der Waals surface area contributed by atoms with Crippen LogP contribution in [0.25, 0.3) is 22.2 Å². The fourth-order valence-corrected chi connectivity index (χ4v) is 7.10. The summed E-state index contributed by atoms with van der Waals surface area (Å²) in [5.41, 5.74) is 4.79. The number of amides is 1. The van der Waals surface area contributed by atoms with Gasteiger partial charge in [0.2, 0.25) is 0 Å². The topological polar surface area (TPSA) is 101 Å². The average Bonchev–Trinajstić information content (AvgIpc) is 3.32. The zero-order chi connectivity index (χ0) is 28.8. The zero-order valence-electron chi connectivity index (χ0n) is 22.6. The number of ketones is 1. The number of carbonyl (C=O) groups excluding carboxylic acids is 2. The number of benzene rings is 4. The SMILES string of the molecule is O=C1c2ccccc2-c2cccc(C(=O)N3CCN(c4nc5ccccc5nc4CS(=O)(=O)c4ccccc4)CC3)c21. The van der Waals surface area contributed by atoms with Crippen LogP contribution in [0.5, 0.6) is 0 Å². The maximum absolute atomic E-state index is 13.7. The first-order chi connectivity index (χ1) is 20.4. The van der Waals surface area contributed by atoms with Gasteiger partial charge in [0.1, 0.15) is 5.75 Å². The molecule has 208 valence electrons. The van der Waals surface area contributed by atoms with Crippen LogP contribution < -0.4 is 4.90 Å². The molecular weight excluding hydrogens is 548 g/mol. The summed E-state index contributed by atoms with van der Waals surface area (Å²) in [5.74, 6) is -0.100. The number of nitrogens with zero attached hydrogens (tertiary/aromatic N) is 4. The molecule has 0 atom stereocenters. The summed E-state index contributed by atoms with van der Waals surface area (Å²) in [6.07, 6.45) is 0. The van der Waals surface area contributed by atoms with Gasteiger partial charge in [-0.25, -0.2) is 18.4 Å². The Bertz CT molecular complexity index is 1980. The second kappa shape index (κ2) is 10.2. The first kappa shape index (κ1) is 26.0. The normalized spacial score (nSPS) is 14.6. The highest BCUT2D eigenvalue weighted by Crippen LogP contribution is 2.38. The molecule has 8 nitrogen and oxygen atoms in total. The summed E-state index contributed by atoms with van der Waals surface area (Å²) in [6, 6.07) is 28.6.